The van der Waals surface area contributed by atoms with Gasteiger partial charge in [0.2, 0.25) is 5.91 Å². The number of hydrogen-bond donors (Lipinski definition) is 1. The van der Waals surface area contributed by atoms with Crippen molar-refractivity contribution < 1.29 is 9.32 Å². The zero-order chi connectivity index (χ0) is 15.5. The van der Waals surface area contributed by atoms with E-state index >= 15 is 0 Å². The van der Waals surface area contributed by atoms with Crippen LogP contribution in [0.5, 0.6) is 0 Å². The van der Waals surface area contributed by atoms with E-state index in [1.807, 2.05) is 55.6 Å². The van der Waals surface area contributed by atoms with Crippen LogP contribution in [0.2, 0.25) is 0 Å². The third-order valence-electron chi connectivity index (χ3n) is 3.51. The van der Waals surface area contributed by atoms with Gasteiger partial charge in [0.1, 0.15) is 5.76 Å². The van der Waals surface area contributed by atoms with Crippen LogP contribution in [0.4, 0.5) is 5.69 Å². The summed E-state index contributed by atoms with van der Waals surface area (Å²) in [6, 6.07) is 11.9. The van der Waals surface area contributed by atoms with E-state index in [9.17, 15) is 4.79 Å². The minimum atomic E-state index is -0.0709. The van der Waals surface area contributed by atoms with Crippen molar-refractivity contribution in [3.05, 3.63) is 58.8 Å². The molecule has 22 heavy (non-hydrogen) atoms. The molecule has 4 nitrogen and oxygen atoms in total. The second-order valence-electron chi connectivity index (χ2n) is 5.05. The summed E-state index contributed by atoms with van der Waals surface area (Å²) >= 11 is 1.65. The van der Waals surface area contributed by atoms with Gasteiger partial charge in [-0.15, -0.1) is 11.3 Å². The fourth-order valence-corrected chi connectivity index (χ4v) is 3.11. The maximum atomic E-state index is 12.3. The lowest BCUT2D eigenvalue weighted by Gasteiger charge is -2.10. The normalized spacial score (nSPS) is 10.6. The van der Waals surface area contributed by atoms with Crippen molar-refractivity contribution in [2.75, 3.05) is 5.32 Å². The quantitative estimate of drug-likeness (QED) is 0.785. The minimum Gasteiger partial charge on any atom is -0.361 e. The number of carbonyl (C=O) groups excluding carboxylic acids is 1. The topological polar surface area (TPSA) is 55.1 Å². The molecule has 1 amide bonds. The number of thiophene rings is 1. The Morgan fingerprint density at radius 3 is 2.73 bits per heavy atom. The summed E-state index contributed by atoms with van der Waals surface area (Å²) in [6.07, 6.45) is 0.264. The number of anilines is 1. The third kappa shape index (κ3) is 2.94. The van der Waals surface area contributed by atoms with Crippen molar-refractivity contribution >= 4 is 22.9 Å². The van der Waals surface area contributed by atoms with Crippen molar-refractivity contribution in [3.8, 4) is 10.4 Å². The molecule has 1 aromatic carbocycles. The summed E-state index contributed by atoms with van der Waals surface area (Å²) in [7, 11) is 0. The first-order valence-corrected chi connectivity index (χ1v) is 7.87. The fraction of sp³-hybridized carbons (Fsp3) is 0.176. The van der Waals surface area contributed by atoms with Crippen molar-refractivity contribution in [1.29, 1.82) is 0 Å². The smallest absolute Gasteiger partial charge is 0.229 e. The summed E-state index contributed by atoms with van der Waals surface area (Å²) < 4.78 is 5.10. The molecule has 0 atom stereocenters. The van der Waals surface area contributed by atoms with E-state index in [1.165, 1.54) is 0 Å². The van der Waals surface area contributed by atoms with Gasteiger partial charge in [-0.3, -0.25) is 4.79 Å². The van der Waals surface area contributed by atoms with Crippen LogP contribution >= 0.6 is 11.3 Å². The van der Waals surface area contributed by atoms with Crippen molar-refractivity contribution in [1.82, 2.24) is 5.16 Å². The van der Waals surface area contributed by atoms with Gasteiger partial charge >= 0.3 is 0 Å². The van der Waals surface area contributed by atoms with Gasteiger partial charge in [0.15, 0.2) is 0 Å². The lowest BCUT2D eigenvalue weighted by atomic mass is 10.1. The third-order valence-corrected chi connectivity index (χ3v) is 4.41. The number of aromatic nitrogens is 1. The van der Waals surface area contributed by atoms with Gasteiger partial charge < -0.3 is 9.84 Å². The standard InChI is InChI=1S/C17H16N2O2S/c1-11-14(12(2)21-19-11)10-17(20)18-15-7-4-3-6-13(15)16-8-5-9-22-16/h3-9H,10H2,1-2H3,(H,18,20). The van der Waals surface area contributed by atoms with Gasteiger partial charge in [-0.05, 0) is 31.4 Å². The number of para-hydroxylation sites is 1. The molecule has 5 heteroatoms. The van der Waals surface area contributed by atoms with Crippen LogP contribution in [0, 0.1) is 13.8 Å². The first-order valence-electron chi connectivity index (χ1n) is 6.99. The molecule has 2 aromatic heterocycles. The van der Waals surface area contributed by atoms with Gasteiger partial charge in [0.05, 0.1) is 12.1 Å². The molecular formula is C17H16N2O2S. The lowest BCUT2D eigenvalue weighted by molar-refractivity contribution is -0.115. The molecule has 1 N–H and O–H groups in total. The van der Waals surface area contributed by atoms with Crippen LogP contribution in [0.25, 0.3) is 10.4 Å². The molecule has 0 aliphatic rings. The maximum Gasteiger partial charge on any atom is 0.229 e. The molecule has 0 spiro atoms. The first kappa shape index (κ1) is 14.5. The van der Waals surface area contributed by atoms with Gasteiger partial charge in [0.25, 0.3) is 0 Å². The van der Waals surface area contributed by atoms with Crippen LogP contribution in [0.1, 0.15) is 17.0 Å². The molecule has 0 fully saturated rings. The second-order valence-corrected chi connectivity index (χ2v) is 6.00. The highest BCUT2D eigenvalue weighted by Gasteiger charge is 2.15. The van der Waals surface area contributed by atoms with Crippen molar-refractivity contribution in [2.45, 2.75) is 20.3 Å². The molecular weight excluding hydrogens is 296 g/mol. The van der Waals surface area contributed by atoms with Gasteiger partial charge in [-0.2, -0.15) is 0 Å². The summed E-state index contributed by atoms with van der Waals surface area (Å²) in [4.78, 5) is 13.5. The molecule has 0 radical (unpaired) electrons. The highest BCUT2D eigenvalue weighted by molar-refractivity contribution is 7.13. The summed E-state index contributed by atoms with van der Waals surface area (Å²) in [5.74, 6) is 0.623. The van der Waals surface area contributed by atoms with Crippen LogP contribution in [0.15, 0.2) is 46.3 Å². The molecule has 2 heterocycles. The second kappa shape index (κ2) is 6.15. The molecule has 0 aliphatic heterocycles. The highest BCUT2D eigenvalue weighted by atomic mass is 32.1. The first-order chi connectivity index (χ1) is 10.6. The average Bonchev–Trinajstić information content (AvgIpc) is 3.13. The molecule has 0 unspecified atom stereocenters. The van der Waals surface area contributed by atoms with E-state index in [0.717, 1.165) is 27.4 Å². The van der Waals surface area contributed by atoms with E-state index in [2.05, 4.69) is 10.5 Å². The predicted molar refractivity (Wildman–Crippen MR) is 88.1 cm³/mol. The zero-order valence-electron chi connectivity index (χ0n) is 12.4. The number of rotatable bonds is 4. The van der Waals surface area contributed by atoms with Crippen LogP contribution in [0.3, 0.4) is 0 Å². The number of hydrogen-bond acceptors (Lipinski definition) is 4. The Morgan fingerprint density at radius 1 is 1.23 bits per heavy atom. The maximum absolute atomic E-state index is 12.3. The molecule has 3 aromatic rings. The summed E-state index contributed by atoms with van der Waals surface area (Å²) in [5.41, 5.74) is 3.47. The number of amides is 1. The van der Waals surface area contributed by atoms with Crippen molar-refractivity contribution in [2.24, 2.45) is 0 Å². The van der Waals surface area contributed by atoms with Gasteiger partial charge in [-0.1, -0.05) is 29.4 Å². The number of carbonyl (C=O) groups is 1. The summed E-state index contributed by atoms with van der Waals surface area (Å²) in [5, 5.41) is 8.90. The Morgan fingerprint density at radius 2 is 2.05 bits per heavy atom. The fourth-order valence-electron chi connectivity index (χ4n) is 2.35. The Labute approximate surface area is 132 Å². The largest absolute Gasteiger partial charge is 0.361 e. The Bertz CT molecular complexity index is 771. The Hall–Kier alpha value is -2.40. The minimum absolute atomic E-state index is 0.0709. The predicted octanol–water partition coefficient (Wildman–Crippen LogP) is 4.20. The number of nitrogens with zero attached hydrogens (tertiary/aromatic N) is 1. The molecule has 0 saturated heterocycles. The van der Waals surface area contributed by atoms with Crippen LogP contribution in [-0.4, -0.2) is 11.1 Å². The van der Waals surface area contributed by atoms with Crippen LogP contribution < -0.4 is 5.32 Å². The van der Waals surface area contributed by atoms with E-state index in [-0.39, 0.29) is 12.3 Å². The van der Waals surface area contributed by atoms with Gasteiger partial charge in [0, 0.05) is 21.7 Å². The number of nitrogens with one attached hydrogen (secondary N) is 1. The molecule has 3 rings (SSSR count). The monoisotopic (exact) mass is 312 g/mol. The molecule has 0 saturated carbocycles. The Balaban J connectivity index is 1.81. The SMILES string of the molecule is Cc1noc(C)c1CC(=O)Nc1ccccc1-c1cccs1. The highest BCUT2D eigenvalue weighted by Crippen LogP contribution is 2.31. The zero-order valence-corrected chi connectivity index (χ0v) is 13.2. The van der Waals surface area contributed by atoms with Gasteiger partial charge in [-0.25, -0.2) is 0 Å². The number of benzene rings is 1. The lowest BCUT2D eigenvalue weighted by Crippen LogP contribution is -2.15. The molecule has 0 aliphatic carbocycles. The Kier molecular flexibility index (Phi) is 4.06. The van der Waals surface area contributed by atoms with E-state index < -0.39 is 0 Å². The van der Waals surface area contributed by atoms with Crippen LogP contribution in [-0.2, 0) is 11.2 Å². The van der Waals surface area contributed by atoms with Crippen molar-refractivity contribution in [3.63, 3.8) is 0 Å². The van der Waals surface area contributed by atoms with E-state index in [0.29, 0.717) is 5.76 Å². The van der Waals surface area contributed by atoms with E-state index in [1.54, 1.807) is 11.3 Å². The van der Waals surface area contributed by atoms with E-state index in [4.69, 9.17) is 4.52 Å². The molecule has 0 bridgehead atoms. The average molecular weight is 312 g/mol. The molecule has 112 valence electrons. The number of aryl methyl sites for hydroxylation is 2. The summed E-state index contributed by atoms with van der Waals surface area (Å²) in [6.45, 7) is 3.67.